The lowest BCUT2D eigenvalue weighted by molar-refractivity contribution is -0.111. The number of nitrogens with one attached hydrogen (secondary N) is 1. The fourth-order valence-corrected chi connectivity index (χ4v) is 2.69. The van der Waals surface area contributed by atoms with Crippen LogP contribution in [0.15, 0.2) is 59.0 Å². The Hall–Kier alpha value is -2.78. The van der Waals surface area contributed by atoms with Gasteiger partial charge in [-0.15, -0.1) is 0 Å². The van der Waals surface area contributed by atoms with Crippen LogP contribution in [0.25, 0.3) is 17.4 Å². The Morgan fingerprint density at radius 3 is 2.46 bits per heavy atom. The molecular formula is C22H20ClNO2. The number of rotatable bonds is 4. The Labute approximate surface area is 158 Å². The Bertz CT molecular complexity index is 986. The van der Waals surface area contributed by atoms with Crippen molar-refractivity contribution < 1.29 is 9.21 Å². The molecule has 3 aromatic rings. The summed E-state index contributed by atoms with van der Waals surface area (Å²) in [6.07, 6.45) is 3.11. The maximum Gasteiger partial charge on any atom is 0.248 e. The molecule has 3 rings (SSSR count). The van der Waals surface area contributed by atoms with Gasteiger partial charge in [-0.05, 0) is 73.9 Å². The fraction of sp³-hybridized carbons (Fsp3) is 0.136. The molecule has 0 saturated heterocycles. The third-order valence-corrected chi connectivity index (χ3v) is 4.66. The quantitative estimate of drug-likeness (QED) is 0.561. The summed E-state index contributed by atoms with van der Waals surface area (Å²) in [5.74, 6) is 1.11. The van der Waals surface area contributed by atoms with E-state index in [-0.39, 0.29) is 5.91 Å². The van der Waals surface area contributed by atoms with Gasteiger partial charge in [0.25, 0.3) is 0 Å². The SMILES string of the molecule is Cc1ccc(NC(=O)C=Cc2ccc(-c3ccc(C)c(Cl)c3)o2)cc1C. The number of hydrogen-bond donors (Lipinski definition) is 1. The minimum absolute atomic E-state index is 0.204. The van der Waals surface area contributed by atoms with Crippen molar-refractivity contribution in [3.63, 3.8) is 0 Å². The first-order valence-corrected chi connectivity index (χ1v) is 8.73. The molecule has 132 valence electrons. The molecule has 0 bridgehead atoms. The van der Waals surface area contributed by atoms with Gasteiger partial charge in [0.1, 0.15) is 11.5 Å². The van der Waals surface area contributed by atoms with E-state index < -0.39 is 0 Å². The van der Waals surface area contributed by atoms with E-state index in [1.54, 1.807) is 6.08 Å². The second-order valence-corrected chi connectivity index (χ2v) is 6.69. The van der Waals surface area contributed by atoms with Gasteiger partial charge >= 0.3 is 0 Å². The monoisotopic (exact) mass is 365 g/mol. The summed E-state index contributed by atoms with van der Waals surface area (Å²) in [6, 6.07) is 15.3. The lowest BCUT2D eigenvalue weighted by Gasteiger charge is -2.05. The minimum atomic E-state index is -0.204. The molecule has 4 heteroatoms. The van der Waals surface area contributed by atoms with Crippen LogP contribution in [0.5, 0.6) is 0 Å². The molecule has 0 fully saturated rings. The smallest absolute Gasteiger partial charge is 0.248 e. The number of halogens is 1. The third kappa shape index (κ3) is 4.24. The number of carbonyl (C=O) groups excluding carboxylic acids is 1. The highest BCUT2D eigenvalue weighted by Gasteiger charge is 2.06. The van der Waals surface area contributed by atoms with Crippen LogP contribution in [0.3, 0.4) is 0 Å². The topological polar surface area (TPSA) is 42.2 Å². The number of aryl methyl sites for hydroxylation is 3. The summed E-state index contributed by atoms with van der Waals surface area (Å²) in [4.78, 5) is 12.1. The normalized spacial score (nSPS) is 11.1. The second kappa shape index (κ2) is 7.63. The second-order valence-electron chi connectivity index (χ2n) is 6.29. The molecule has 3 nitrogen and oxygen atoms in total. The van der Waals surface area contributed by atoms with Crippen molar-refractivity contribution in [1.82, 2.24) is 0 Å². The lowest BCUT2D eigenvalue weighted by Crippen LogP contribution is -2.07. The molecule has 0 aliphatic heterocycles. The van der Waals surface area contributed by atoms with E-state index in [1.165, 1.54) is 11.6 Å². The van der Waals surface area contributed by atoms with Crippen molar-refractivity contribution in [2.75, 3.05) is 5.32 Å². The molecule has 1 aromatic heterocycles. The van der Waals surface area contributed by atoms with Gasteiger partial charge < -0.3 is 9.73 Å². The van der Waals surface area contributed by atoms with Gasteiger partial charge in [-0.2, -0.15) is 0 Å². The van der Waals surface area contributed by atoms with E-state index in [0.717, 1.165) is 22.4 Å². The molecule has 0 atom stereocenters. The maximum absolute atomic E-state index is 12.1. The molecule has 1 amide bonds. The molecule has 0 radical (unpaired) electrons. The molecular weight excluding hydrogens is 346 g/mol. The summed E-state index contributed by atoms with van der Waals surface area (Å²) >= 11 is 6.16. The first kappa shape index (κ1) is 18.0. The van der Waals surface area contributed by atoms with Gasteiger partial charge in [0.15, 0.2) is 0 Å². The highest BCUT2D eigenvalue weighted by atomic mass is 35.5. The summed E-state index contributed by atoms with van der Waals surface area (Å²) in [7, 11) is 0. The van der Waals surface area contributed by atoms with E-state index >= 15 is 0 Å². The van der Waals surface area contributed by atoms with E-state index in [9.17, 15) is 4.79 Å². The molecule has 1 N–H and O–H groups in total. The van der Waals surface area contributed by atoms with Crippen molar-refractivity contribution in [2.45, 2.75) is 20.8 Å². The van der Waals surface area contributed by atoms with Gasteiger partial charge in [-0.25, -0.2) is 0 Å². The van der Waals surface area contributed by atoms with Gasteiger partial charge in [0.2, 0.25) is 5.91 Å². The van der Waals surface area contributed by atoms with Crippen molar-refractivity contribution in [3.8, 4) is 11.3 Å². The molecule has 0 unspecified atom stereocenters. The summed E-state index contributed by atoms with van der Waals surface area (Å²) in [5, 5.41) is 3.55. The van der Waals surface area contributed by atoms with Crippen LogP contribution in [-0.4, -0.2) is 5.91 Å². The molecule has 0 saturated carbocycles. The number of carbonyl (C=O) groups is 1. The van der Waals surface area contributed by atoms with E-state index in [0.29, 0.717) is 16.5 Å². The van der Waals surface area contributed by atoms with Crippen LogP contribution >= 0.6 is 11.6 Å². The van der Waals surface area contributed by atoms with Crippen LogP contribution in [0.4, 0.5) is 5.69 Å². The predicted molar refractivity (Wildman–Crippen MR) is 107 cm³/mol. The Morgan fingerprint density at radius 1 is 0.962 bits per heavy atom. The van der Waals surface area contributed by atoms with Crippen molar-refractivity contribution in [3.05, 3.63) is 82.1 Å². The van der Waals surface area contributed by atoms with Crippen molar-refractivity contribution >= 4 is 29.3 Å². The van der Waals surface area contributed by atoms with E-state index in [1.807, 2.05) is 69.3 Å². The average Bonchev–Trinajstić information content (AvgIpc) is 3.08. The molecule has 0 aliphatic carbocycles. The largest absolute Gasteiger partial charge is 0.457 e. The number of anilines is 1. The van der Waals surface area contributed by atoms with Crippen LogP contribution < -0.4 is 5.32 Å². The van der Waals surface area contributed by atoms with E-state index in [2.05, 4.69) is 5.32 Å². The van der Waals surface area contributed by atoms with Gasteiger partial charge in [0.05, 0.1) is 0 Å². The summed E-state index contributed by atoms with van der Waals surface area (Å²) < 4.78 is 5.77. The van der Waals surface area contributed by atoms with Gasteiger partial charge in [0, 0.05) is 22.3 Å². The van der Waals surface area contributed by atoms with E-state index in [4.69, 9.17) is 16.0 Å². The van der Waals surface area contributed by atoms with Gasteiger partial charge in [-0.3, -0.25) is 4.79 Å². The number of furan rings is 1. The highest BCUT2D eigenvalue weighted by Crippen LogP contribution is 2.27. The summed E-state index contributed by atoms with van der Waals surface area (Å²) in [6.45, 7) is 6.01. The van der Waals surface area contributed by atoms with Crippen molar-refractivity contribution in [2.24, 2.45) is 0 Å². The van der Waals surface area contributed by atoms with Crippen molar-refractivity contribution in [1.29, 1.82) is 0 Å². The molecule has 0 spiro atoms. The standard InChI is InChI=1S/C22H20ClNO2/c1-14-5-7-18(12-16(14)3)24-22(25)11-9-19-8-10-21(26-19)17-6-4-15(2)20(23)13-17/h4-13H,1-3H3,(H,24,25). The molecule has 1 heterocycles. The van der Waals surface area contributed by atoms with Crippen LogP contribution in [0, 0.1) is 20.8 Å². The van der Waals surface area contributed by atoms with Crippen LogP contribution in [0.1, 0.15) is 22.5 Å². The fourth-order valence-electron chi connectivity index (χ4n) is 2.50. The Kier molecular flexibility index (Phi) is 5.29. The molecule has 0 aliphatic rings. The first-order chi connectivity index (χ1) is 12.4. The minimum Gasteiger partial charge on any atom is -0.457 e. The maximum atomic E-state index is 12.1. The van der Waals surface area contributed by atoms with Crippen LogP contribution in [-0.2, 0) is 4.79 Å². The predicted octanol–water partition coefficient (Wildman–Crippen LogP) is 6.18. The zero-order valence-electron chi connectivity index (χ0n) is 15.0. The summed E-state index contributed by atoms with van der Waals surface area (Å²) in [5.41, 5.74) is 5.03. The number of amides is 1. The molecule has 2 aromatic carbocycles. The Balaban J connectivity index is 1.68. The lowest BCUT2D eigenvalue weighted by atomic mass is 10.1. The number of benzene rings is 2. The zero-order chi connectivity index (χ0) is 18.7. The zero-order valence-corrected chi connectivity index (χ0v) is 15.7. The number of hydrogen-bond acceptors (Lipinski definition) is 2. The highest BCUT2D eigenvalue weighted by molar-refractivity contribution is 6.31. The Morgan fingerprint density at radius 2 is 1.73 bits per heavy atom. The molecule has 26 heavy (non-hydrogen) atoms. The van der Waals surface area contributed by atoms with Gasteiger partial charge in [-0.1, -0.05) is 29.8 Å². The third-order valence-electron chi connectivity index (χ3n) is 4.26. The van der Waals surface area contributed by atoms with Crippen LogP contribution in [0.2, 0.25) is 5.02 Å². The first-order valence-electron chi connectivity index (χ1n) is 8.35. The average molecular weight is 366 g/mol.